The Bertz CT molecular complexity index is 1180. The Morgan fingerprint density at radius 3 is 2.79 bits per heavy atom. The Hall–Kier alpha value is -2.81. The summed E-state index contributed by atoms with van der Waals surface area (Å²) < 4.78 is 5.61. The van der Waals surface area contributed by atoms with Gasteiger partial charge in [-0.3, -0.25) is 9.59 Å². The van der Waals surface area contributed by atoms with Gasteiger partial charge in [0, 0.05) is 36.3 Å². The topological polar surface area (TPSA) is 101 Å². The van der Waals surface area contributed by atoms with Crippen LogP contribution in [0.4, 0.5) is 5.13 Å². The van der Waals surface area contributed by atoms with Crippen molar-refractivity contribution in [1.82, 2.24) is 20.0 Å². The number of thiazole rings is 1. The highest BCUT2D eigenvalue weighted by atomic mass is 32.1. The number of carbonyl (C=O) groups excluding carboxylic acids is 2. The van der Waals surface area contributed by atoms with E-state index in [1.165, 1.54) is 11.3 Å². The quantitative estimate of drug-likeness (QED) is 0.587. The molecule has 33 heavy (non-hydrogen) atoms. The lowest BCUT2D eigenvalue weighted by molar-refractivity contribution is -0.121. The Morgan fingerprint density at radius 1 is 1.27 bits per heavy atom. The number of nitrogens with one attached hydrogen (secondary N) is 1. The van der Waals surface area contributed by atoms with Gasteiger partial charge >= 0.3 is 0 Å². The predicted molar refractivity (Wildman–Crippen MR) is 126 cm³/mol. The van der Waals surface area contributed by atoms with Gasteiger partial charge in [0.15, 0.2) is 5.13 Å². The predicted octanol–water partition coefficient (Wildman–Crippen LogP) is 4.64. The molecule has 1 saturated heterocycles. The van der Waals surface area contributed by atoms with E-state index in [0.29, 0.717) is 47.2 Å². The van der Waals surface area contributed by atoms with Crippen molar-refractivity contribution in [3.63, 3.8) is 0 Å². The van der Waals surface area contributed by atoms with Crippen molar-refractivity contribution in [2.24, 2.45) is 11.3 Å². The van der Waals surface area contributed by atoms with Gasteiger partial charge in [0.05, 0.1) is 22.6 Å². The number of likely N-dealkylation sites (tertiary alicyclic amines) is 1. The Morgan fingerprint density at radius 2 is 2.09 bits per heavy atom. The van der Waals surface area contributed by atoms with E-state index in [1.807, 2.05) is 11.4 Å². The van der Waals surface area contributed by atoms with Crippen molar-refractivity contribution in [2.45, 2.75) is 58.8 Å². The summed E-state index contributed by atoms with van der Waals surface area (Å²) in [6, 6.07) is 1.94. The monoisotopic (exact) mass is 467 g/mol. The lowest BCUT2D eigenvalue weighted by atomic mass is 9.89. The third-order valence-electron chi connectivity index (χ3n) is 6.20. The minimum atomic E-state index is -0.261. The number of piperidine rings is 1. The van der Waals surface area contributed by atoms with Crippen LogP contribution >= 0.6 is 11.3 Å². The summed E-state index contributed by atoms with van der Waals surface area (Å²) in [4.78, 5) is 37.2. The summed E-state index contributed by atoms with van der Waals surface area (Å²) in [6.45, 7) is 7.42. The standard InChI is InChI=1S/C24H29N5O3S/c1-24(2,3)12-18-19-16(11-17(14-6-7-14)26-21(19)32-28-18)22(31)29-9-4-5-15(13-29)20(30)27-23-25-8-10-33-23/h8,10-11,14-15H,4-7,9,12-13H2,1-3H3,(H,25,27,30). The molecule has 2 amide bonds. The zero-order valence-electron chi connectivity index (χ0n) is 19.3. The van der Waals surface area contributed by atoms with Gasteiger partial charge in [0.1, 0.15) is 0 Å². The molecule has 2 fully saturated rings. The van der Waals surface area contributed by atoms with E-state index in [9.17, 15) is 9.59 Å². The van der Waals surface area contributed by atoms with Crippen LogP contribution in [0.25, 0.3) is 11.1 Å². The van der Waals surface area contributed by atoms with Gasteiger partial charge in [-0.05, 0) is 43.6 Å². The molecule has 0 bridgehead atoms. The first kappa shape index (κ1) is 22.0. The molecule has 1 atom stereocenters. The first-order valence-corrected chi connectivity index (χ1v) is 12.5. The number of aromatic nitrogens is 3. The summed E-state index contributed by atoms with van der Waals surface area (Å²) in [5.74, 6) is -0.0348. The van der Waals surface area contributed by atoms with Crippen LogP contribution in [0.1, 0.15) is 74.1 Å². The van der Waals surface area contributed by atoms with Crippen molar-refractivity contribution < 1.29 is 14.1 Å². The summed E-state index contributed by atoms with van der Waals surface area (Å²) in [5, 5.41) is 10.3. The fourth-order valence-corrected chi connectivity index (χ4v) is 4.98. The third-order valence-corrected chi connectivity index (χ3v) is 6.89. The molecule has 1 saturated carbocycles. The maximum Gasteiger partial charge on any atom is 0.259 e. The molecular weight excluding hydrogens is 438 g/mol. The summed E-state index contributed by atoms with van der Waals surface area (Å²) in [6.07, 6.45) is 6.04. The van der Waals surface area contributed by atoms with Crippen LogP contribution in [0.15, 0.2) is 22.2 Å². The van der Waals surface area contributed by atoms with Gasteiger partial charge in [-0.1, -0.05) is 25.9 Å². The van der Waals surface area contributed by atoms with E-state index in [0.717, 1.165) is 37.1 Å². The Kier molecular flexibility index (Phi) is 5.68. The molecular formula is C24H29N5O3S. The lowest BCUT2D eigenvalue weighted by Crippen LogP contribution is -2.43. The number of anilines is 1. The molecule has 1 unspecified atom stereocenters. The molecule has 0 radical (unpaired) electrons. The lowest BCUT2D eigenvalue weighted by Gasteiger charge is -2.32. The molecule has 9 heteroatoms. The van der Waals surface area contributed by atoms with E-state index in [1.54, 1.807) is 11.1 Å². The summed E-state index contributed by atoms with van der Waals surface area (Å²) >= 11 is 1.39. The van der Waals surface area contributed by atoms with Crippen LogP contribution in [-0.2, 0) is 11.2 Å². The van der Waals surface area contributed by atoms with Crippen LogP contribution < -0.4 is 5.32 Å². The van der Waals surface area contributed by atoms with Gasteiger partial charge in [-0.15, -0.1) is 11.3 Å². The molecule has 174 valence electrons. The second-order valence-electron chi connectivity index (χ2n) is 10.3. The van der Waals surface area contributed by atoms with Crippen LogP contribution in [0, 0.1) is 11.3 Å². The average molecular weight is 468 g/mol. The normalized spacial score (nSPS) is 19.1. The van der Waals surface area contributed by atoms with E-state index >= 15 is 0 Å². The molecule has 1 aliphatic carbocycles. The highest BCUT2D eigenvalue weighted by Crippen LogP contribution is 2.41. The zero-order chi connectivity index (χ0) is 23.2. The largest absolute Gasteiger partial charge is 0.338 e. The maximum atomic E-state index is 13.8. The SMILES string of the molecule is CC(C)(C)Cc1noc2nc(C3CC3)cc(C(=O)N3CCCC(C(=O)Nc4nccs4)C3)c12. The van der Waals surface area contributed by atoms with Crippen LogP contribution in [0.3, 0.4) is 0 Å². The van der Waals surface area contributed by atoms with Gasteiger partial charge in [0.2, 0.25) is 5.91 Å². The minimum absolute atomic E-state index is 0.0105. The van der Waals surface area contributed by atoms with E-state index < -0.39 is 0 Å². The number of pyridine rings is 1. The molecule has 8 nitrogen and oxygen atoms in total. The molecule has 3 aromatic heterocycles. The number of fused-ring (bicyclic) bond motifs is 1. The second-order valence-corrected chi connectivity index (χ2v) is 11.2. The van der Waals surface area contributed by atoms with Crippen molar-refractivity contribution in [3.05, 3.63) is 34.6 Å². The highest BCUT2D eigenvalue weighted by Gasteiger charge is 2.34. The van der Waals surface area contributed by atoms with Gasteiger partial charge in [-0.2, -0.15) is 0 Å². The number of amides is 2. The molecule has 3 aromatic rings. The number of nitrogens with zero attached hydrogens (tertiary/aromatic N) is 4. The van der Waals surface area contributed by atoms with E-state index in [4.69, 9.17) is 9.51 Å². The smallest absolute Gasteiger partial charge is 0.259 e. The van der Waals surface area contributed by atoms with Crippen molar-refractivity contribution >= 4 is 39.4 Å². The fraction of sp³-hybridized carbons (Fsp3) is 0.542. The fourth-order valence-electron chi connectivity index (χ4n) is 4.45. The summed E-state index contributed by atoms with van der Waals surface area (Å²) in [7, 11) is 0. The number of rotatable bonds is 5. The molecule has 4 heterocycles. The Labute approximate surface area is 196 Å². The van der Waals surface area contributed by atoms with Crippen LogP contribution in [0.2, 0.25) is 0 Å². The van der Waals surface area contributed by atoms with Crippen LogP contribution in [0.5, 0.6) is 0 Å². The van der Waals surface area contributed by atoms with Crippen molar-refractivity contribution in [3.8, 4) is 0 Å². The highest BCUT2D eigenvalue weighted by molar-refractivity contribution is 7.13. The minimum Gasteiger partial charge on any atom is -0.338 e. The van der Waals surface area contributed by atoms with Gasteiger partial charge < -0.3 is 14.7 Å². The maximum absolute atomic E-state index is 13.8. The van der Waals surface area contributed by atoms with Crippen molar-refractivity contribution in [1.29, 1.82) is 0 Å². The molecule has 1 aliphatic heterocycles. The van der Waals surface area contributed by atoms with E-state index in [2.05, 4.69) is 36.2 Å². The second kappa shape index (κ2) is 8.52. The number of hydrogen-bond donors (Lipinski definition) is 1. The van der Waals surface area contributed by atoms with Crippen molar-refractivity contribution in [2.75, 3.05) is 18.4 Å². The van der Waals surface area contributed by atoms with Crippen LogP contribution in [-0.4, -0.2) is 44.9 Å². The molecule has 0 spiro atoms. The van der Waals surface area contributed by atoms with Gasteiger partial charge in [0.25, 0.3) is 11.6 Å². The first-order valence-electron chi connectivity index (χ1n) is 11.6. The number of hydrogen-bond acceptors (Lipinski definition) is 7. The summed E-state index contributed by atoms with van der Waals surface area (Å²) in [5.41, 5.74) is 2.70. The molecule has 2 aliphatic rings. The zero-order valence-corrected chi connectivity index (χ0v) is 20.1. The molecule has 5 rings (SSSR count). The molecule has 1 N–H and O–H groups in total. The average Bonchev–Trinajstić information content (AvgIpc) is 3.38. The first-order chi connectivity index (χ1) is 15.8. The third kappa shape index (κ3) is 4.78. The number of carbonyl (C=O) groups is 2. The Balaban J connectivity index is 1.44. The molecule has 0 aromatic carbocycles. The van der Waals surface area contributed by atoms with E-state index in [-0.39, 0.29) is 23.1 Å². The van der Waals surface area contributed by atoms with Gasteiger partial charge in [-0.25, -0.2) is 9.97 Å².